The number of aromatic nitrogens is 4. The van der Waals surface area contributed by atoms with Crippen LogP contribution in [0, 0.1) is 11.6 Å². The number of pyridine rings is 2. The molecule has 34 heavy (non-hydrogen) atoms. The van der Waals surface area contributed by atoms with E-state index in [0.717, 1.165) is 12.1 Å². The molecule has 0 fully saturated rings. The number of fused-ring (bicyclic) bond motifs is 1. The molecule has 4 rings (SSSR count). The highest BCUT2D eigenvalue weighted by Gasteiger charge is 2.17. The van der Waals surface area contributed by atoms with Gasteiger partial charge in [0.25, 0.3) is 5.56 Å². The number of hydrogen-bond acceptors (Lipinski definition) is 6. The van der Waals surface area contributed by atoms with E-state index in [9.17, 15) is 23.8 Å². The predicted molar refractivity (Wildman–Crippen MR) is 124 cm³/mol. The van der Waals surface area contributed by atoms with Crippen molar-refractivity contribution in [2.24, 2.45) is 0 Å². The molecule has 0 unspecified atom stereocenters. The molecule has 0 aliphatic carbocycles. The molecule has 11 heteroatoms. The van der Waals surface area contributed by atoms with Gasteiger partial charge in [-0.1, -0.05) is 17.7 Å². The SMILES string of the molecule is C[C@@H](O)C[C@@H](CO)Nc1cc(-n2ccc3c(cnn3Cc3c(F)cccc3F)c2=O)c(Cl)cn1. The number of anilines is 1. The monoisotopic (exact) mass is 489 g/mol. The van der Waals surface area contributed by atoms with Crippen LogP contribution in [0.2, 0.25) is 5.02 Å². The molecule has 2 atom stereocenters. The van der Waals surface area contributed by atoms with Gasteiger partial charge in [0.1, 0.15) is 17.5 Å². The molecule has 1 aromatic carbocycles. The molecular weight excluding hydrogens is 468 g/mol. The minimum absolute atomic E-state index is 0.153. The second-order valence-electron chi connectivity index (χ2n) is 7.92. The van der Waals surface area contributed by atoms with Crippen molar-refractivity contribution in [2.45, 2.75) is 32.0 Å². The third-order valence-corrected chi connectivity index (χ3v) is 5.66. The van der Waals surface area contributed by atoms with E-state index in [4.69, 9.17) is 11.6 Å². The summed E-state index contributed by atoms with van der Waals surface area (Å²) in [6.07, 6.45) is 3.87. The van der Waals surface area contributed by atoms with Crippen molar-refractivity contribution in [2.75, 3.05) is 11.9 Å². The summed E-state index contributed by atoms with van der Waals surface area (Å²) in [7, 11) is 0. The van der Waals surface area contributed by atoms with Crippen LogP contribution < -0.4 is 10.9 Å². The van der Waals surface area contributed by atoms with Gasteiger partial charge in [-0.3, -0.25) is 14.0 Å². The fourth-order valence-electron chi connectivity index (χ4n) is 3.72. The third kappa shape index (κ3) is 4.79. The standard InChI is InChI=1S/C23H22ClF2N5O3/c1-13(33)7-14(12-32)29-22-8-21(17(24)10-27-22)30-6-5-20-15(23(30)34)9-28-31(20)11-16-18(25)3-2-4-19(16)26/h2-6,8-10,13-14,32-33H,7,11-12H2,1H3,(H,27,29)/t13-,14+/m1/s1. The van der Waals surface area contributed by atoms with Crippen molar-refractivity contribution in [3.63, 3.8) is 0 Å². The first-order valence-electron chi connectivity index (χ1n) is 10.5. The molecule has 178 valence electrons. The Kier molecular flexibility index (Phi) is 6.92. The molecule has 0 aliphatic heterocycles. The molecule has 3 heterocycles. The highest BCUT2D eigenvalue weighted by atomic mass is 35.5. The van der Waals surface area contributed by atoms with Gasteiger partial charge in [-0.25, -0.2) is 13.8 Å². The first kappa shape index (κ1) is 23.8. The summed E-state index contributed by atoms with van der Waals surface area (Å²) in [6.45, 7) is 1.21. The average Bonchev–Trinajstić information content (AvgIpc) is 3.21. The zero-order valence-electron chi connectivity index (χ0n) is 18.1. The molecule has 0 spiro atoms. The summed E-state index contributed by atoms with van der Waals surface area (Å²) in [5.74, 6) is -1.04. The van der Waals surface area contributed by atoms with Crippen LogP contribution in [-0.2, 0) is 6.54 Å². The van der Waals surface area contributed by atoms with Crippen molar-refractivity contribution in [1.82, 2.24) is 19.3 Å². The Bertz CT molecular complexity index is 1370. The Hall–Kier alpha value is -3.34. The van der Waals surface area contributed by atoms with Crippen molar-refractivity contribution in [1.29, 1.82) is 0 Å². The van der Waals surface area contributed by atoms with E-state index in [1.54, 1.807) is 19.1 Å². The molecule has 0 radical (unpaired) electrons. The van der Waals surface area contributed by atoms with Gasteiger partial charge in [0.2, 0.25) is 0 Å². The Balaban J connectivity index is 1.70. The third-order valence-electron chi connectivity index (χ3n) is 5.37. The van der Waals surface area contributed by atoms with Crippen molar-refractivity contribution < 1.29 is 19.0 Å². The van der Waals surface area contributed by atoms with Gasteiger partial charge in [0.15, 0.2) is 0 Å². The highest BCUT2D eigenvalue weighted by molar-refractivity contribution is 6.32. The lowest BCUT2D eigenvalue weighted by Gasteiger charge is -2.19. The molecule has 3 aromatic heterocycles. The average molecular weight is 490 g/mol. The fourth-order valence-corrected chi connectivity index (χ4v) is 3.91. The second-order valence-corrected chi connectivity index (χ2v) is 8.33. The molecule has 0 saturated carbocycles. The van der Waals surface area contributed by atoms with Crippen LogP contribution in [0.1, 0.15) is 18.9 Å². The van der Waals surface area contributed by atoms with Crippen LogP contribution in [0.5, 0.6) is 0 Å². The molecule has 8 nitrogen and oxygen atoms in total. The topological polar surface area (TPSA) is 105 Å². The van der Waals surface area contributed by atoms with Gasteiger partial charge in [0, 0.05) is 17.8 Å². The lowest BCUT2D eigenvalue weighted by atomic mass is 10.1. The maximum Gasteiger partial charge on any atom is 0.266 e. The van der Waals surface area contributed by atoms with E-state index >= 15 is 0 Å². The molecule has 3 N–H and O–H groups in total. The number of rotatable bonds is 8. The number of nitrogens with one attached hydrogen (secondary N) is 1. The van der Waals surface area contributed by atoms with Crippen LogP contribution in [0.3, 0.4) is 0 Å². The molecule has 0 bridgehead atoms. The van der Waals surface area contributed by atoms with Gasteiger partial charge in [-0.05, 0) is 31.5 Å². The zero-order valence-corrected chi connectivity index (χ0v) is 18.9. The van der Waals surface area contributed by atoms with Gasteiger partial charge >= 0.3 is 0 Å². The first-order valence-corrected chi connectivity index (χ1v) is 10.9. The first-order chi connectivity index (χ1) is 16.3. The number of benzene rings is 1. The van der Waals surface area contributed by atoms with E-state index in [2.05, 4.69) is 15.4 Å². The summed E-state index contributed by atoms with van der Waals surface area (Å²) in [6, 6.07) is 6.32. The van der Waals surface area contributed by atoms with Gasteiger partial charge in [0.05, 0.1) is 59.3 Å². The normalized spacial score (nSPS) is 13.2. The van der Waals surface area contributed by atoms with Gasteiger partial charge in [-0.15, -0.1) is 0 Å². The smallest absolute Gasteiger partial charge is 0.266 e. The largest absolute Gasteiger partial charge is 0.394 e. The zero-order chi connectivity index (χ0) is 24.4. The maximum absolute atomic E-state index is 14.1. The second kappa shape index (κ2) is 9.88. The van der Waals surface area contributed by atoms with E-state index in [0.29, 0.717) is 23.4 Å². The summed E-state index contributed by atoms with van der Waals surface area (Å²) < 4.78 is 30.8. The summed E-state index contributed by atoms with van der Waals surface area (Å²) in [4.78, 5) is 17.4. The van der Waals surface area contributed by atoms with Crippen LogP contribution in [0.25, 0.3) is 16.6 Å². The van der Waals surface area contributed by atoms with E-state index in [1.807, 2.05) is 0 Å². The predicted octanol–water partition coefficient (Wildman–Crippen LogP) is 3.11. The lowest BCUT2D eigenvalue weighted by Crippen LogP contribution is -2.28. The highest BCUT2D eigenvalue weighted by Crippen LogP contribution is 2.23. The Morgan fingerprint density at radius 3 is 2.62 bits per heavy atom. The number of hydrogen-bond donors (Lipinski definition) is 3. The fraction of sp³-hybridized carbons (Fsp3) is 0.261. The van der Waals surface area contributed by atoms with E-state index in [-0.39, 0.29) is 29.1 Å². The molecular formula is C23H22ClF2N5O3. The quantitative estimate of drug-likeness (QED) is 0.351. The molecule has 4 aromatic rings. The summed E-state index contributed by atoms with van der Waals surface area (Å²) in [5.41, 5.74) is 0.164. The number of halogens is 3. The summed E-state index contributed by atoms with van der Waals surface area (Å²) in [5, 5.41) is 26.7. The molecule has 0 saturated heterocycles. The van der Waals surface area contributed by atoms with Crippen molar-refractivity contribution in [3.8, 4) is 5.69 Å². The van der Waals surface area contributed by atoms with Crippen LogP contribution >= 0.6 is 11.6 Å². The van der Waals surface area contributed by atoms with E-state index < -0.39 is 29.3 Å². The molecule has 0 aliphatic rings. The minimum Gasteiger partial charge on any atom is -0.394 e. The van der Waals surface area contributed by atoms with Crippen molar-refractivity contribution >= 4 is 28.3 Å². The van der Waals surface area contributed by atoms with E-state index in [1.165, 1.54) is 33.9 Å². The van der Waals surface area contributed by atoms with Gasteiger partial charge < -0.3 is 15.5 Å². The number of aliphatic hydroxyl groups is 2. The number of nitrogens with zero attached hydrogens (tertiary/aromatic N) is 4. The minimum atomic E-state index is -0.697. The summed E-state index contributed by atoms with van der Waals surface area (Å²) >= 11 is 6.31. The lowest BCUT2D eigenvalue weighted by molar-refractivity contribution is 0.159. The van der Waals surface area contributed by atoms with Gasteiger partial charge in [-0.2, -0.15) is 5.10 Å². The van der Waals surface area contributed by atoms with Crippen LogP contribution in [0.4, 0.5) is 14.6 Å². The Morgan fingerprint density at radius 1 is 1.21 bits per heavy atom. The Morgan fingerprint density at radius 2 is 1.94 bits per heavy atom. The molecule has 0 amide bonds. The Labute approximate surface area is 198 Å². The van der Waals surface area contributed by atoms with Crippen molar-refractivity contribution in [3.05, 3.63) is 81.5 Å². The maximum atomic E-state index is 14.1. The van der Waals surface area contributed by atoms with Crippen LogP contribution in [-0.4, -0.2) is 48.3 Å². The number of aliphatic hydroxyl groups excluding tert-OH is 2. The van der Waals surface area contributed by atoms with Crippen LogP contribution in [0.15, 0.2) is 53.7 Å².